The van der Waals surface area contributed by atoms with E-state index >= 15 is 0 Å². The smallest absolute Gasteiger partial charge is 0.247 e. The lowest BCUT2D eigenvalue weighted by Crippen LogP contribution is -2.51. The predicted octanol–water partition coefficient (Wildman–Crippen LogP) is 4.79. The van der Waals surface area contributed by atoms with Crippen LogP contribution in [0.25, 0.3) is 5.69 Å². The molecule has 31 heavy (non-hydrogen) atoms. The summed E-state index contributed by atoms with van der Waals surface area (Å²) < 4.78 is 7.85. The molecule has 2 aromatic heterocycles. The number of anilines is 1. The first kappa shape index (κ1) is 21.0. The van der Waals surface area contributed by atoms with E-state index in [1.54, 1.807) is 16.1 Å². The van der Waals surface area contributed by atoms with Gasteiger partial charge in [0.2, 0.25) is 11.8 Å². The van der Waals surface area contributed by atoms with Crippen LogP contribution in [0.3, 0.4) is 0 Å². The van der Waals surface area contributed by atoms with Gasteiger partial charge in [0.15, 0.2) is 0 Å². The number of furan rings is 1. The van der Waals surface area contributed by atoms with Gasteiger partial charge in [-0.25, -0.2) is 0 Å². The summed E-state index contributed by atoms with van der Waals surface area (Å²) in [5, 5.41) is 0. The van der Waals surface area contributed by atoms with E-state index in [-0.39, 0.29) is 24.4 Å². The van der Waals surface area contributed by atoms with Crippen LogP contribution >= 0.6 is 0 Å². The molecule has 0 radical (unpaired) electrons. The highest BCUT2D eigenvalue weighted by Crippen LogP contribution is 2.42. The molecular formula is C25H29N3O3. The van der Waals surface area contributed by atoms with Crippen molar-refractivity contribution in [3.05, 3.63) is 72.4 Å². The summed E-state index contributed by atoms with van der Waals surface area (Å²) in [7, 11) is 0. The summed E-state index contributed by atoms with van der Waals surface area (Å²) in [6, 6.07) is 15.0. The number of benzene rings is 1. The quantitative estimate of drug-likeness (QED) is 0.611. The van der Waals surface area contributed by atoms with Crippen molar-refractivity contribution in [3.63, 3.8) is 0 Å². The molecule has 162 valence electrons. The van der Waals surface area contributed by atoms with Crippen LogP contribution in [0, 0.1) is 5.41 Å². The molecule has 1 aliphatic rings. The van der Waals surface area contributed by atoms with Gasteiger partial charge >= 0.3 is 0 Å². The second-order valence-corrected chi connectivity index (χ2v) is 9.25. The maximum atomic E-state index is 13.8. The molecule has 4 rings (SSSR count). The highest BCUT2D eigenvalue weighted by atomic mass is 16.3. The Morgan fingerprint density at radius 2 is 1.74 bits per heavy atom. The fourth-order valence-electron chi connectivity index (χ4n) is 4.12. The molecule has 0 saturated carbocycles. The molecule has 0 bridgehead atoms. The van der Waals surface area contributed by atoms with Crippen molar-refractivity contribution >= 4 is 17.5 Å². The van der Waals surface area contributed by atoms with E-state index in [9.17, 15) is 9.59 Å². The fraction of sp³-hybridized carbons (Fsp3) is 0.360. The maximum absolute atomic E-state index is 13.8. The molecule has 0 N–H and O–H groups in total. The second kappa shape index (κ2) is 7.76. The second-order valence-electron chi connectivity index (χ2n) is 9.25. The van der Waals surface area contributed by atoms with Gasteiger partial charge in [-0.2, -0.15) is 0 Å². The Hall–Kier alpha value is -3.28. The molecule has 6 nitrogen and oxygen atoms in total. The fourth-order valence-corrected chi connectivity index (χ4v) is 4.12. The number of para-hydroxylation sites is 2. The maximum Gasteiger partial charge on any atom is 0.247 e. The van der Waals surface area contributed by atoms with E-state index in [4.69, 9.17) is 4.42 Å². The van der Waals surface area contributed by atoms with E-state index in [0.29, 0.717) is 5.76 Å². The lowest BCUT2D eigenvalue weighted by atomic mass is 9.94. The monoisotopic (exact) mass is 419 g/mol. The lowest BCUT2D eigenvalue weighted by Gasteiger charge is -2.39. The van der Waals surface area contributed by atoms with Crippen LogP contribution in [0.5, 0.6) is 0 Å². The minimum absolute atomic E-state index is 0.0000213. The molecule has 0 fully saturated rings. The van der Waals surface area contributed by atoms with Gasteiger partial charge < -0.3 is 13.9 Å². The molecule has 0 spiro atoms. The Morgan fingerprint density at radius 1 is 1.03 bits per heavy atom. The Labute approximate surface area is 183 Å². The van der Waals surface area contributed by atoms with E-state index in [1.165, 1.54) is 0 Å². The van der Waals surface area contributed by atoms with Gasteiger partial charge in [0.05, 0.1) is 23.3 Å². The zero-order chi connectivity index (χ0) is 22.3. The zero-order valence-corrected chi connectivity index (χ0v) is 18.7. The first-order valence-electron chi connectivity index (χ1n) is 10.6. The molecule has 1 aliphatic heterocycles. The van der Waals surface area contributed by atoms with Gasteiger partial charge in [-0.1, -0.05) is 32.9 Å². The van der Waals surface area contributed by atoms with Crippen molar-refractivity contribution < 1.29 is 14.0 Å². The molecule has 6 heteroatoms. The van der Waals surface area contributed by atoms with Crippen LogP contribution in [0.4, 0.5) is 5.69 Å². The van der Waals surface area contributed by atoms with Crippen molar-refractivity contribution in [3.8, 4) is 5.69 Å². The standard InChI is InChI=1S/C25H29N3O3/c1-17(2)27(24(30)25(3,4)5)16-22(29)28-19-11-7-6-10-18(19)26-14-8-12-20(26)23(28)21-13-9-15-31-21/h6-15,17,23H,16H2,1-5H3. The number of carbonyl (C=O) groups is 2. The summed E-state index contributed by atoms with van der Waals surface area (Å²) in [5.74, 6) is 0.493. The Balaban J connectivity index is 1.79. The van der Waals surface area contributed by atoms with Crippen LogP contribution in [0.2, 0.25) is 0 Å². The molecular weight excluding hydrogens is 390 g/mol. The number of carbonyl (C=O) groups excluding carboxylic acids is 2. The SMILES string of the molecule is CC(C)N(CC(=O)N1c2ccccc2-n2cccc2C1c1ccco1)C(=O)C(C)(C)C. The van der Waals surface area contributed by atoms with Crippen molar-refractivity contribution in [1.82, 2.24) is 9.47 Å². The van der Waals surface area contributed by atoms with Crippen LogP contribution in [-0.2, 0) is 9.59 Å². The molecule has 2 amide bonds. The van der Waals surface area contributed by atoms with Crippen molar-refractivity contribution in [2.45, 2.75) is 46.7 Å². The molecule has 1 aromatic carbocycles. The summed E-state index contributed by atoms with van der Waals surface area (Å²) in [4.78, 5) is 30.3. The Morgan fingerprint density at radius 3 is 2.35 bits per heavy atom. The first-order valence-corrected chi connectivity index (χ1v) is 10.6. The predicted molar refractivity (Wildman–Crippen MR) is 120 cm³/mol. The third kappa shape index (κ3) is 3.67. The van der Waals surface area contributed by atoms with Crippen LogP contribution in [0.1, 0.15) is 52.1 Å². The highest BCUT2D eigenvalue weighted by Gasteiger charge is 2.39. The van der Waals surface area contributed by atoms with Crippen LogP contribution < -0.4 is 4.90 Å². The normalized spacial score (nSPS) is 15.5. The average Bonchev–Trinajstić information content (AvgIpc) is 3.41. The summed E-state index contributed by atoms with van der Waals surface area (Å²) in [6.07, 6.45) is 3.62. The largest absolute Gasteiger partial charge is 0.467 e. The number of hydrogen-bond donors (Lipinski definition) is 0. The minimum Gasteiger partial charge on any atom is -0.467 e. The number of aromatic nitrogens is 1. The first-order chi connectivity index (χ1) is 14.7. The third-order valence-corrected chi connectivity index (χ3v) is 5.63. The number of rotatable bonds is 4. The van der Waals surface area contributed by atoms with Crippen molar-refractivity contribution in [2.24, 2.45) is 5.41 Å². The van der Waals surface area contributed by atoms with E-state index in [1.807, 2.05) is 89.3 Å². The van der Waals surface area contributed by atoms with E-state index in [0.717, 1.165) is 17.1 Å². The van der Waals surface area contributed by atoms with Gasteiger partial charge in [-0.3, -0.25) is 14.5 Å². The van der Waals surface area contributed by atoms with E-state index in [2.05, 4.69) is 4.57 Å². The topological polar surface area (TPSA) is 58.7 Å². The number of hydrogen-bond acceptors (Lipinski definition) is 3. The lowest BCUT2D eigenvalue weighted by molar-refractivity contribution is -0.144. The van der Waals surface area contributed by atoms with Crippen LogP contribution in [0.15, 0.2) is 65.4 Å². The summed E-state index contributed by atoms with van der Waals surface area (Å²) in [6.45, 7) is 9.52. The van der Waals surface area contributed by atoms with Gasteiger partial charge in [-0.05, 0) is 50.2 Å². The minimum atomic E-state index is -0.570. The summed E-state index contributed by atoms with van der Waals surface area (Å²) >= 11 is 0. The van der Waals surface area contributed by atoms with Gasteiger partial charge in [0.25, 0.3) is 0 Å². The Kier molecular flexibility index (Phi) is 5.25. The van der Waals surface area contributed by atoms with Gasteiger partial charge in [0, 0.05) is 17.7 Å². The third-order valence-electron chi connectivity index (χ3n) is 5.63. The zero-order valence-electron chi connectivity index (χ0n) is 18.7. The van der Waals surface area contributed by atoms with Crippen molar-refractivity contribution in [1.29, 1.82) is 0 Å². The summed E-state index contributed by atoms with van der Waals surface area (Å²) in [5.41, 5.74) is 2.10. The average molecular weight is 420 g/mol. The molecule has 1 atom stereocenters. The van der Waals surface area contributed by atoms with Crippen LogP contribution in [-0.4, -0.2) is 33.9 Å². The Bertz CT molecular complexity index is 1090. The number of nitrogens with zero attached hydrogens (tertiary/aromatic N) is 3. The molecule has 0 aliphatic carbocycles. The highest BCUT2D eigenvalue weighted by molar-refractivity contribution is 6.00. The van der Waals surface area contributed by atoms with Crippen molar-refractivity contribution in [2.75, 3.05) is 11.4 Å². The van der Waals surface area contributed by atoms with Gasteiger partial charge in [0.1, 0.15) is 18.3 Å². The molecule has 3 heterocycles. The molecule has 0 saturated heterocycles. The van der Waals surface area contributed by atoms with Gasteiger partial charge in [-0.15, -0.1) is 0 Å². The molecule has 1 unspecified atom stereocenters. The van der Waals surface area contributed by atoms with E-state index < -0.39 is 11.5 Å². The number of amides is 2. The number of fused-ring (bicyclic) bond motifs is 3. The molecule has 3 aromatic rings.